The molecule has 0 bridgehead atoms. The molecule has 34 heavy (non-hydrogen) atoms. The Labute approximate surface area is 199 Å². The Kier molecular flexibility index (Phi) is 7.17. The maximum absolute atomic E-state index is 13.4. The molecule has 8 nitrogen and oxygen atoms in total. The number of phenolic OH excluding ortho intramolecular Hbond substituents is 1. The number of benzene rings is 2. The third-order valence-electron chi connectivity index (χ3n) is 6.29. The molecule has 2 heterocycles. The number of phenols is 1. The number of nitrogens with zero attached hydrogens (tertiary/aromatic N) is 3. The number of fused-ring (bicyclic) bond motifs is 1. The molecule has 1 fully saturated rings. The second-order valence-corrected chi connectivity index (χ2v) is 8.67. The van der Waals surface area contributed by atoms with Crippen molar-refractivity contribution in [3.05, 3.63) is 58.1 Å². The zero-order valence-corrected chi connectivity index (χ0v) is 19.7. The van der Waals surface area contributed by atoms with Gasteiger partial charge >= 0.3 is 0 Å². The molecule has 4 rings (SSSR count). The molecule has 2 aromatic rings. The zero-order chi connectivity index (χ0) is 24.2. The minimum absolute atomic E-state index is 0.0691. The molecule has 0 spiro atoms. The van der Waals surface area contributed by atoms with Crippen molar-refractivity contribution in [1.82, 2.24) is 9.80 Å². The monoisotopic (exact) mass is 465 g/mol. The summed E-state index contributed by atoms with van der Waals surface area (Å²) >= 11 is 0. The van der Waals surface area contributed by atoms with E-state index in [0.717, 1.165) is 24.0 Å². The van der Waals surface area contributed by atoms with Gasteiger partial charge in [0.1, 0.15) is 23.8 Å². The topological polar surface area (TPSA) is 103 Å². The molecule has 2 amide bonds. The van der Waals surface area contributed by atoms with E-state index < -0.39 is 0 Å². The molecule has 8 heteroatoms. The molecule has 0 radical (unpaired) electrons. The summed E-state index contributed by atoms with van der Waals surface area (Å²) in [6, 6.07) is 8.75. The average molecular weight is 466 g/mol. The lowest BCUT2D eigenvalue weighted by atomic mass is 9.98. The molecule has 2 aromatic carbocycles. The van der Waals surface area contributed by atoms with Crippen molar-refractivity contribution in [1.29, 1.82) is 0 Å². The van der Waals surface area contributed by atoms with Crippen molar-refractivity contribution in [2.45, 2.75) is 39.8 Å². The van der Waals surface area contributed by atoms with Crippen LogP contribution in [-0.4, -0.2) is 70.4 Å². The highest BCUT2D eigenvalue weighted by molar-refractivity contribution is 6.45. The first-order valence-corrected chi connectivity index (χ1v) is 11.7. The third kappa shape index (κ3) is 4.77. The van der Waals surface area contributed by atoms with Crippen LogP contribution in [0.2, 0.25) is 0 Å². The quantitative estimate of drug-likeness (QED) is 0.612. The van der Waals surface area contributed by atoms with Crippen molar-refractivity contribution in [2.24, 2.45) is 4.99 Å². The number of likely N-dealkylation sites (tertiary alicyclic amines) is 1. The molecule has 0 atom stereocenters. The van der Waals surface area contributed by atoms with Crippen LogP contribution in [-0.2, 0) is 17.9 Å². The van der Waals surface area contributed by atoms with Crippen LogP contribution in [0.3, 0.4) is 0 Å². The van der Waals surface area contributed by atoms with E-state index in [1.165, 1.54) is 6.07 Å². The smallest absolute Gasteiger partial charge is 0.272 e. The van der Waals surface area contributed by atoms with Crippen LogP contribution in [0.15, 0.2) is 35.3 Å². The number of hydrogen-bond acceptors (Lipinski definition) is 6. The highest BCUT2D eigenvalue weighted by Gasteiger charge is 2.29. The number of aryl methyl sites for hydroxylation is 1. The summed E-state index contributed by atoms with van der Waals surface area (Å²) in [5, 5.41) is 19.6. The third-order valence-corrected chi connectivity index (χ3v) is 6.29. The molecule has 0 aromatic heterocycles. The minimum Gasteiger partial charge on any atom is -0.507 e. The number of ether oxygens (including phenoxy) is 1. The number of carbonyl (C=O) groups is 2. The molecule has 0 aliphatic carbocycles. The number of hydrogen-bond donors (Lipinski definition) is 2. The minimum atomic E-state index is -0.308. The van der Waals surface area contributed by atoms with Gasteiger partial charge in [-0.25, -0.2) is 0 Å². The Hall–Kier alpha value is -3.39. The van der Waals surface area contributed by atoms with Crippen molar-refractivity contribution < 1.29 is 24.5 Å². The van der Waals surface area contributed by atoms with Gasteiger partial charge in [-0.1, -0.05) is 6.07 Å². The highest BCUT2D eigenvalue weighted by Crippen LogP contribution is 2.31. The van der Waals surface area contributed by atoms with Gasteiger partial charge in [0.2, 0.25) is 0 Å². The van der Waals surface area contributed by atoms with Gasteiger partial charge in [0, 0.05) is 38.3 Å². The Balaban J connectivity index is 1.60. The molecular formula is C26H31N3O5. The van der Waals surface area contributed by atoms with Crippen LogP contribution in [0.5, 0.6) is 11.5 Å². The summed E-state index contributed by atoms with van der Waals surface area (Å²) < 4.78 is 5.48. The molecule has 0 saturated carbocycles. The summed E-state index contributed by atoms with van der Waals surface area (Å²) in [5.74, 6) is 0.0924. The lowest BCUT2D eigenvalue weighted by molar-refractivity contribution is -0.123. The fourth-order valence-electron chi connectivity index (χ4n) is 4.55. The zero-order valence-electron chi connectivity index (χ0n) is 19.7. The SMILES string of the molecule is CCN=C(C(=O)N1CCCC1)c1cc(C(=O)N2Cc3ccc(OCCO)cc3C2)c(O)cc1C. The Morgan fingerprint density at radius 1 is 1.03 bits per heavy atom. The standard InChI is InChI=1S/C26H31N3O5/c1-3-27-24(26(33)28-8-4-5-9-28)21-14-22(23(31)12-17(21)2)25(32)29-15-18-6-7-20(34-11-10-30)13-19(18)16-29/h6-7,12-14,30-31H,3-5,8-11,15-16H2,1-2H3. The Morgan fingerprint density at radius 2 is 1.76 bits per heavy atom. The van der Waals surface area contributed by atoms with E-state index in [4.69, 9.17) is 9.84 Å². The van der Waals surface area contributed by atoms with Gasteiger partial charge < -0.3 is 24.7 Å². The van der Waals surface area contributed by atoms with Crippen LogP contribution in [0.25, 0.3) is 0 Å². The van der Waals surface area contributed by atoms with Crippen molar-refractivity contribution in [3.8, 4) is 11.5 Å². The first-order chi connectivity index (χ1) is 16.4. The molecule has 2 aliphatic heterocycles. The molecule has 1 saturated heterocycles. The van der Waals surface area contributed by atoms with Crippen LogP contribution < -0.4 is 4.74 Å². The van der Waals surface area contributed by atoms with Gasteiger partial charge in [-0.2, -0.15) is 0 Å². The van der Waals surface area contributed by atoms with Gasteiger partial charge in [-0.3, -0.25) is 14.6 Å². The maximum Gasteiger partial charge on any atom is 0.272 e. The van der Waals surface area contributed by atoms with Gasteiger partial charge in [0.25, 0.3) is 11.8 Å². The summed E-state index contributed by atoms with van der Waals surface area (Å²) in [6.07, 6.45) is 1.96. The first kappa shape index (κ1) is 23.8. The molecule has 2 N–H and O–H groups in total. The van der Waals surface area contributed by atoms with E-state index in [9.17, 15) is 14.7 Å². The number of carbonyl (C=O) groups excluding carboxylic acids is 2. The molecule has 0 unspecified atom stereocenters. The molecular weight excluding hydrogens is 434 g/mol. The largest absolute Gasteiger partial charge is 0.507 e. The molecule has 180 valence electrons. The van der Waals surface area contributed by atoms with E-state index in [1.807, 2.05) is 32.0 Å². The van der Waals surface area contributed by atoms with Crippen molar-refractivity contribution in [3.63, 3.8) is 0 Å². The number of rotatable bonds is 7. The van der Waals surface area contributed by atoms with Gasteiger partial charge in [-0.15, -0.1) is 0 Å². The van der Waals surface area contributed by atoms with Crippen molar-refractivity contribution >= 4 is 17.5 Å². The first-order valence-electron chi connectivity index (χ1n) is 11.7. The van der Waals surface area contributed by atoms with E-state index in [-0.39, 0.29) is 36.3 Å². The highest BCUT2D eigenvalue weighted by atomic mass is 16.5. The second-order valence-electron chi connectivity index (χ2n) is 8.67. The van der Waals surface area contributed by atoms with Crippen LogP contribution in [0, 0.1) is 6.92 Å². The van der Waals surface area contributed by atoms with Gasteiger partial charge in [0.05, 0.1) is 12.2 Å². The summed E-state index contributed by atoms with van der Waals surface area (Å²) in [6.45, 7) is 6.49. The predicted octanol–water partition coefficient (Wildman–Crippen LogP) is 2.66. The van der Waals surface area contributed by atoms with Gasteiger partial charge in [0.15, 0.2) is 0 Å². The van der Waals surface area contributed by atoms with Crippen LogP contribution in [0.4, 0.5) is 0 Å². The lowest BCUT2D eigenvalue weighted by Crippen LogP contribution is -2.35. The van der Waals surface area contributed by atoms with Gasteiger partial charge in [-0.05, 0) is 67.6 Å². The number of amides is 2. The number of aliphatic imine (C=N–C) groups is 1. The Morgan fingerprint density at radius 3 is 2.47 bits per heavy atom. The second kappa shape index (κ2) is 10.3. The van der Waals surface area contributed by atoms with Crippen LogP contribution in [0.1, 0.15) is 52.4 Å². The maximum atomic E-state index is 13.4. The predicted molar refractivity (Wildman–Crippen MR) is 128 cm³/mol. The number of aliphatic hydroxyl groups excluding tert-OH is 1. The molecule has 2 aliphatic rings. The van der Waals surface area contributed by atoms with Crippen molar-refractivity contribution in [2.75, 3.05) is 32.8 Å². The summed E-state index contributed by atoms with van der Waals surface area (Å²) in [5.41, 5.74) is 3.75. The fraction of sp³-hybridized carbons (Fsp3) is 0.423. The van der Waals surface area contributed by atoms with E-state index in [2.05, 4.69) is 4.99 Å². The van der Waals surface area contributed by atoms with Crippen LogP contribution >= 0.6 is 0 Å². The Bertz CT molecular complexity index is 1120. The van der Waals surface area contributed by atoms with E-state index >= 15 is 0 Å². The lowest BCUT2D eigenvalue weighted by Gasteiger charge is -2.20. The average Bonchev–Trinajstić information content (AvgIpc) is 3.51. The summed E-state index contributed by atoms with van der Waals surface area (Å²) in [4.78, 5) is 34.5. The van der Waals surface area contributed by atoms with E-state index in [0.29, 0.717) is 55.3 Å². The summed E-state index contributed by atoms with van der Waals surface area (Å²) in [7, 11) is 0. The normalized spacial score (nSPS) is 15.6. The number of aromatic hydroxyl groups is 1. The van der Waals surface area contributed by atoms with E-state index in [1.54, 1.807) is 15.9 Å². The fourth-order valence-corrected chi connectivity index (χ4v) is 4.55. The number of aliphatic hydroxyl groups is 1.